The zero-order valence-corrected chi connectivity index (χ0v) is 16.0. The van der Waals surface area contributed by atoms with E-state index in [-0.39, 0.29) is 28.9 Å². The molecule has 0 heterocycles. The highest BCUT2D eigenvalue weighted by atomic mass is 19.1. The van der Waals surface area contributed by atoms with Crippen LogP contribution in [0.3, 0.4) is 0 Å². The second-order valence-electron chi connectivity index (χ2n) is 8.91. The van der Waals surface area contributed by atoms with E-state index in [1.54, 1.807) is 0 Å². The highest BCUT2D eigenvalue weighted by Crippen LogP contribution is 2.65. The first kappa shape index (κ1) is 18.3. The molecule has 0 amide bonds. The summed E-state index contributed by atoms with van der Waals surface area (Å²) in [5, 5.41) is 0. The fourth-order valence-corrected chi connectivity index (χ4v) is 6.36. The summed E-state index contributed by atoms with van der Waals surface area (Å²) in [5.74, 6) is -0.0739. The number of halogens is 1. The van der Waals surface area contributed by atoms with Crippen LogP contribution in [-0.4, -0.2) is 17.5 Å². The molecule has 0 N–H and O–H groups in total. The number of carbonyl (C=O) groups is 3. The molecule has 0 aromatic carbocycles. The highest BCUT2D eigenvalue weighted by molar-refractivity contribution is 6.06. The van der Waals surface area contributed by atoms with Gasteiger partial charge in [-0.3, -0.25) is 14.4 Å². The third-order valence-corrected chi connectivity index (χ3v) is 7.64. The third kappa shape index (κ3) is 2.43. The topological polar surface area (TPSA) is 60.4 Å². The van der Waals surface area contributed by atoms with E-state index in [1.807, 2.05) is 13.0 Å². The summed E-state index contributed by atoms with van der Waals surface area (Å²) in [4.78, 5) is 36.5. The minimum atomic E-state index is -0.582. The van der Waals surface area contributed by atoms with E-state index in [1.165, 1.54) is 13.0 Å². The van der Waals surface area contributed by atoms with Crippen molar-refractivity contribution in [2.24, 2.45) is 28.6 Å². The van der Waals surface area contributed by atoms with E-state index in [0.717, 1.165) is 19.3 Å². The van der Waals surface area contributed by atoms with Gasteiger partial charge in [0.25, 0.3) is 0 Å². The van der Waals surface area contributed by atoms with Crippen molar-refractivity contribution in [1.29, 1.82) is 0 Å². The number of rotatable bonds is 1. The molecule has 3 saturated carbocycles. The van der Waals surface area contributed by atoms with Gasteiger partial charge < -0.3 is 4.74 Å². The Morgan fingerprint density at radius 1 is 1.26 bits per heavy atom. The number of ether oxygens (including phenoxy) is 1. The summed E-state index contributed by atoms with van der Waals surface area (Å²) in [7, 11) is 0. The molecular formula is C22H25FO4. The van der Waals surface area contributed by atoms with E-state index < -0.39 is 17.2 Å². The van der Waals surface area contributed by atoms with Crippen LogP contribution in [0.5, 0.6) is 0 Å². The average molecular weight is 372 g/mol. The van der Waals surface area contributed by atoms with Crippen molar-refractivity contribution in [2.45, 2.75) is 52.9 Å². The van der Waals surface area contributed by atoms with Crippen LogP contribution in [0.25, 0.3) is 0 Å². The maximum atomic E-state index is 14.0. The molecule has 0 radical (unpaired) electrons. The number of carbonyl (C=O) groups excluding carboxylic acids is 3. The van der Waals surface area contributed by atoms with E-state index in [4.69, 9.17) is 4.74 Å². The van der Waals surface area contributed by atoms with Gasteiger partial charge in [-0.2, -0.15) is 0 Å². The molecule has 3 fully saturated rings. The Bertz CT molecular complexity index is 835. The highest BCUT2D eigenvalue weighted by Gasteiger charge is 2.60. The Morgan fingerprint density at radius 3 is 2.67 bits per heavy atom. The molecule has 4 aliphatic carbocycles. The maximum Gasteiger partial charge on any atom is 0.308 e. The Morgan fingerprint density at radius 2 is 2.00 bits per heavy atom. The van der Waals surface area contributed by atoms with Gasteiger partial charge in [0, 0.05) is 29.7 Å². The molecular weight excluding hydrogens is 347 g/mol. The monoisotopic (exact) mass is 372 g/mol. The van der Waals surface area contributed by atoms with Crippen molar-refractivity contribution < 1.29 is 23.5 Å². The predicted octanol–water partition coefficient (Wildman–Crippen LogP) is 4.22. The Balaban J connectivity index is 1.84. The first-order valence-corrected chi connectivity index (χ1v) is 9.72. The van der Waals surface area contributed by atoms with Crippen LogP contribution in [-0.2, 0) is 19.1 Å². The van der Waals surface area contributed by atoms with Crippen molar-refractivity contribution in [3.63, 3.8) is 0 Å². The molecule has 4 aliphatic rings. The van der Waals surface area contributed by atoms with Crippen LogP contribution in [0, 0.1) is 28.6 Å². The molecule has 5 atom stereocenters. The zero-order chi connectivity index (χ0) is 19.6. The first-order chi connectivity index (χ1) is 12.7. The van der Waals surface area contributed by atoms with Gasteiger partial charge in [-0.15, -0.1) is 0 Å². The van der Waals surface area contributed by atoms with Crippen molar-refractivity contribution in [2.75, 3.05) is 0 Å². The number of Topliss-reactive ketones (excluding diaryl/α,β-unsaturated/α-hetero) is 1. The van der Waals surface area contributed by atoms with Crippen LogP contribution in [0.15, 0.2) is 35.4 Å². The standard InChI is InChI=1S/C22H25FO4/c1-12(24)27-20-17(25)7-9-22(3)16-6-8-21(2)15(4-5-18(21)26)14(16)10-13(11-23)19(20)22/h7,9,11,14-16H,4-6,8,10H2,1-3H3/t14-,15-,16-,21-,22+/m0/s1. The molecule has 0 aliphatic heterocycles. The lowest BCUT2D eigenvalue weighted by Gasteiger charge is -2.56. The SMILES string of the molecule is CC(=O)OC1=C2C(=CF)C[C@@H]3[C@H](CC[C@]4(C)C(=O)CC[C@@H]34)[C@@]2(C)C=CC1=O. The molecule has 5 heteroatoms. The molecule has 0 spiro atoms. The smallest absolute Gasteiger partial charge is 0.308 e. The third-order valence-electron chi connectivity index (χ3n) is 7.64. The van der Waals surface area contributed by atoms with Gasteiger partial charge in [0.15, 0.2) is 5.76 Å². The number of ketones is 2. The second kappa shape index (κ2) is 5.98. The van der Waals surface area contributed by atoms with Gasteiger partial charge >= 0.3 is 5.97 Å². The van der Waals surface area contributed by atoms with E-state index in [9.17, 15) is 18.8 Å². The van der Waals surface area contributed by atoms with E-state index in [2.05, 4.69) is 6.92 Å². The zero-order valence-electron chi connectivity index (χ0n) is 16.0. The molecule has 0 bridgehead atoms. The van der Waals surface area contributed by atoms with Gasteiger partial charge in [-0.1, -0.05) is 19.9 Å². The lowest BCUT2D eigenvalue weighted by atomic mass is 9.47. The maximum absolute atomic E-state index is 14.0. The summed E-state index contributed by atoms with van der Waals surface area (Å²) in [6.07, 6.45) is 7.46. The summed E-state index contributed by atoms with van der Waals surface area (Å²) >= 11 is 0. The fraction of sp³-hybridized carbons (Fsp3) is 0.591. The predicted molar refractivity (Wildman–Crippen MR) is 96.9 cm³/mol. The average Bonchev–Trinajstić information content (AvgIpc) is 2.92. The number of allylic oxidation sites excluding steroid dienone is 4. The van der Waals surface area contributed by atoms with Gasteiger partial charge in [-0.05, 0) is 55.1 Å². The Hall–Kier alpha value is -2.04. The van der Waals surface area contributed by atoms with Gasteiger partial charge in [-0.25, -0.2) is 4.39 Å². The Kier molecular flexibility index (Phi) is 4.06. The normalized spacial score (nSPS) is 42.1. The molecule has 4 rings (SSSR count). The lowest BCUT2D eigenvalue weighted by Crippen LogP contribution is -2.50. The molecule has 0 unspecified atom stereocenters. The van der Waals surface area contributed by atoms with Crippen LogP contribution < -0.4 is 0 Å². The van der Waals surface area contributed by atoms with Gasteiger partial charge in [0.1, 0.15) is 5.78 Å². The summed E-state index contributed by atoms with van der Waals surface area (Å²) in [6, 6.07) is 0. The van der Waals surface area contributed by atoms with E-state index >= 15 is 0 Å². The molecule has 0 aromatic rings. The molecule has 0 aromatic heterocycles. The quantitative estimate of drug-likeness (QED) is 0.647. The second-order valence-corrected chi connectivity index (χ2v) is 8.91. The number of hydrogen-bond acceptors (Lipinski definition) is 4. The van der Waals surface area contributed by atoms with Crippen molar-refractivity contribution >= 4 is 17.5 Å². The van der Waals surface area contributed by atoms with Crippen LogP contribution in [0.4, 0.5) is 4.39 Å². The molecule has 144 valence electrons. The number of hydrogen-bond donors (Lipinski definition) is 0. The summed E-state index contributed by atoms with van der Waals surface area (Å²) in [5.41, 5.74) is 0.0535. The van der Waals surface area contributed by atoms with Crippen LogP contribution in [0.1, 0.15) is 52.9 Å². The fourth-order valence-electron chi connectivity index (χ4n) is 6.36. The van der Waals surface area contributed by atoms with Gasteiger partial charge in [0.2, 0.25) is 5.78 Å². The molecule has 4 nitrogen and oxygen atoms in total. The van der Waals surface area contributed by atoms with Crippen LogP contribution in [0.2, 0.25) is 0 Å². The molecule has 0 saturated heterocycles. The van der Waals surface area contributed by atoms with Crippen molar-refractivity contribution in [3.05, 3.63) is 35.4 Å². The molecule has 27 heavy (non-hydrogen) atoms. The van der Waals surface area contributed by atoms with Crippen LogP contribution >= 0.6 is 0 Å². The number of esters is 1. The minimum absolute atomic E-state index is 0.0364. The Labute approximate surface area is 158 Å². The van der Waals surface area contributed by atoms with Gasteiger partial charge in [0.05, 0.1) is 6.33 Å². The lowest BCUT2D eigenvalue weighted by molar-refractivity contribution is -0.140. The van der Waals surface area contributed by atoms with E-state index in [0.29, 0.717) is 36.1 Å². The summed E-state index contributed by atoms with van der Waals surface area (Å²) in [6.45, 7) is 5.33. The largest absolute Gasteiger partial charge is 0.422 e. The van der Waals surface area contributed by atoms with Crippen molar-refractivity contribution in [3.8, 4) is 0 Å². The number of fused-ring (bicyclic) bond motifs is 5. The summed E-state index contributed by atoms with van der Waals surface area (Å²) < 4.78 is 19.2. The van der Waals surface area contributed by atoms with Crippen molar-refractivity contribution in [1.82, 2.24) is 0 Å². The minimum Gasteiger partial charge on any atom is -0.422 e. The first-order valence-electron chi connectivity index (χ1n) is 9.72.